The van der Waals surface area contributed by atoms with Crippen LogP contribution in [0.25, 0.3) is 0 Å². The van der Waals surface area contributed by atoms with E-state index in [9.17, 15) is 4.79 Å². The van der Waals surface area contributed by atoms with Gasteiger partial charge < -0.3 is 14.3 Å². The summed E-state index contributed by atoms with van der Waals surface area (Å²) in [5.41, 5.74) is -0.605. The van der Waals surface area contributed by atoms with Crippen molar-refractivity contribution in [3.63, 3.8) is 0 Å². The molecule has 3 nitrogen and oxygen atoms in total. The number of rotatable bonds is 8. The Hall–Kier alpha value is -0.930. The summed E-state index contributed by atoms with van der Waals surface area (Å²) >= 11 is 0. The second kappa shape index (κ2) is 6.12. The highest BCUT2D eigenvalue weighted by molar-refractivity contribution is 5.61. The molecular weight excluding hydrogens is 216 g/mol. The van der Waals surface area contributed by atoms with Crippen LogP contribution >= 0.6 is 0 Å². The zero-order chi connectivity index (χ0) is 12.8. The molecule has 1 fully saturated rings. The van der Waals surface area contributed by atoms with Crippen LogP contribution in [0.4, 0.5) is 0 Å². The number of carbonyl (C=O) groups excluding carboxylic acids is 1. The normalized spacial score (nSPS) is 18.9. The molecule has 0 radical (unpaired) electrons. The third-order valence-electron chi connectivity index (χ3n) is 3.56. The van der Waals surface area contributed by atoms with Gasteiger partial charge in [0.1, 0.15) is 6.29 Å². The molecular formula is C14H22O3. The van der Waals surface area contributed by atoms with Crippen molar-refractivity contribution in [3.05, 3.63) is 25.3 Å². The van der Waals surface area contributed by atoms with Gasteiger partial charge in [-0.15, -0.1) is 13.2 Å². The van der Waals surface area contributed by atoms with Crippen molar-refractivity contribution < 1.29 is 14.3 Å². The van der Waals surface area contributed by atoms with Gasteiger partial charge in [-0.25, -0.2) is 0 Å². The fraction of sp³-hybridized carbons (Fsp3) is 0.643. The van der Waals surface area contributed by atoms with Crippen molar-refractivity contribution in [1.82, 2.24) is 0 Å². The second-order valence-electron chi connectivity index (χ2n) is 4.57. The van der Waals surface area contributed by atoms with Crippen molar-refractivity contribution in [1.29, 1.82) is 0 Å². The zero-order valence-electron chi connectivity index (χ0n) is 10.6. The highest BCUT2D eigenvalue weighted by Gasteiger charge is 2.51. The molecule has 0 aromatic rings. The van der Waals surface area contributed by atoms with Crippen LogP contribution in [0.5, 0.6) is 0 Å². The van der Waals surface area contributed by atoms with Crippen LogP contribution in [-0.4, -0.2) is 25.3 Å². The fourth-order valence-electron chi connectivity index (χ4n) is 2.33. The minimum atomic E-state index is -0.805. The van der Waals surface area contributed by atoms with Gasteiger partial charge in [-0.3, -0.25) is 0 Å². The number of allylic oxidation sites excluding steroid dienone is 2. The molecule has 1 rings (SSSR count). The molecule has 0 aliphatic carbocycles. The van der Waals surface area contributed by atoms with Crippen LogP contribution in [0.2, 0.25) is 0 Å². The standard InChI is InChI=1S/C14H22O3/c1-4-6-8-14(12-15,9-7-5-2)13(3)16-10-11-17-13/h4-5,12H,1-2,6-11H2,3H3. The summed E-state index contributed by atoms with van der Waals surface area (Å²) < 4.78 is 11.3. The smallest absolute Gasteiger partial charge is 0.177 e. The summed E-state index contributed by atoms with van der Waals surface area (Å²) in [4.78, 5) is 11.6. The van der Waals surface area contributed by atoms with Crippen molar-refractivity contribution in [3.8, 4) is 0 Å². The van der Waals surface area contributed by atoms with E-state index in [0.29, 0.717) is 26.1 Å². The fourth-order valence-corrected chi connectivity index (χ4v) is 2.33. The average molecular weight is 238 g/mol. The minimum absolute atomic E-state index is 0.550. The van der Waals surface area contributed by atoms with E-state index in [2.05, 4.69) is 13.2 Å². The molecule has 1 saturated heterocycles. The summed E-state index contributed by atoms with van der Waals surface area (Å²) in [5.74, 6) is -0.805. The maximum absolute atomic E-state index is 11.6. The van der Waals surface area contributed by atoms with Gasteiger partial charge in [0.15, 0.2) is 5.79 Å². The Labute approximate surface area is 103 Å². The van der Waals surface area contributed by atoms with E-state index in [-0.39, 0.29) is 0 Å². The molecule has 0 spiro atoms. The van der Waals surface area contributed by atoms with E-state index in [4.69, 9.17) is 9.47 Å². The molecule has 0 aromatic heterocycles. The van der Waals surface area contributed by atoms with Crippen molar-refractivity contribution in [2.75, 3.05) is 13.2 Å². The van der Waals surface area contributed by atoms with E-state index in [1.807, 2.05) is 19.1 Å². The van der Waals surface area contributed by atoms with Crippen LogP contribution < -0.4 is 0 Å². The van der Waals surface area contributed by atoms with Crippen molar-refractivity contribution in [2.45, 2.75) is 38.4 Å². The van der Waals surface area contributed by atoms with E-state index < -0.39 is 11.2 Å². The first-order valence-corrected chi connectivity index (χ1v) is 6.10. The molecule has 3 heteroatoms. The van der Waals surface area contributed by atoms with Gasteiger partial charge in [0.2, 0.25) is 0 Å². The predicted octanol–water partition coefficient (Wildman–Crippen LogP) is 2.87. The van der Waals surface area contributed by atoms with Crippen LogP contribution in [0.3, 0.4) is 0 Å². The molecule has 0 bridgehead atoms. The van der Waals surface area contributed by atoms with Crippen LogP contribution in [0, 0.1) is 5.41 Å². The lowest BCUT2D eigenvalue weighted by Gasteiger charge is -2.40. The Balaban J connectivity index is 2.90. The molecule has 0 saturated carbocycles. The molecule has 1 aliphatic rings. The van der Waals surface area contributed by atoms with Crippen LogP contribution in [0.15, 0.2) is 25.3 Å². The molecule has 1 heterocycles. The SMILES string of the molecule is C=CCCC(C=O)(CCC=C)C1(C)OCCO1. The number of hydrogen-bond donors (Lipinski definition) is 0. The summed E-state index contributed by atoms with van der Waals surface area (Å²) in [6.07, 6.45) is 7.59. The third-order valence-corrected chi connectivity index (χ3v) is 3.56. The van der Waals surface area contributed by atoms with E-state index in [1.165, 1.54) is 0 Å². The summed E-state index contributed by atoms with van der Waals surface area (Å²) in [5, 5.41) is 0. The molecule has 1 aliphatic heterocycles. The lowest BCUT2D eigenvalue weighted by molar-refractivity contribution is -0.220. The third kappa shape index (κ3) is 2.85. The van der Waals surface area contributed by atoms with Gasteiger partial charge in [-0.2, -0.15) is 0 Å². The maximum Gasteiger partial charge on any atom is 0.177 e. The average Bonchev–Trinajstić information content (AvgIpc) is 2.78. The van der Waals surface area contributed by atoms with Gasteiger partial charge in [-0.1, -0.05) is 12.2 Å². The summed E-state index contributed by atoms with van der Waals surface area (Å²) in [6.45, 7) is 10.4. The molecule has 0 unspecified atom stereocenters. The summed E-state index contributed by atoms with van der Waals surface area (Å²) in [7, 11) is 0. The number of aldehydes is 1. The lowest BCUT2D eigenvalue weighted by Crippen LogP contribution is -2.48. The number of ether oxygens (including phenoxy) is 2. The predicted molar refractivity (Wildman–Crippen MR) is 67.7 cm³/mol. The van der Waals surface area contributed by atoms with Crippen LogP contribution in [0.1, 0.15) is 32.6 Å². The largest absolute Gasteiger partial charge is 0.347 e. The van der Waals surface area contributed by atoms with Crippen LogP contribution in [-0.2, 0) is 14.3 Å². The molecule has 0 atom stereocenters. The topological polar surface area (TPSA) is 35.5 Å². The second-order valence-corrected chi connectivity index (χ2v) is 4.57. The quantitative estimate of drug-likeness (QED) is 0.482. The molecule has 96 valence electrons. The minimum Gasteiger partial charge on any atom is -0.347 e. The zero-order valence-corrected chi connectivity index (χ0v) is 10.6. The van der Waals surface area contributed by atoms with Gasteiger partial charge in [0.05, 0.1) is 18.6 Å². The molecule has 0 aromatic carbocycles. The lowest BCUT2D eigenvalue weighted by atomic mass is 9.73. The number of hydrogen-bond acceptors (Lipinski definition) is 3. The van der Waals surface area contributed by atoms with E-state index in [1.54, 1.807) is 0 Å². The first kappa shape index (κ1) is 14.1. The Morgan fingerprint density at radius 1 is 1.18 bits per heavy atom. The first-order chi connectivity index (χ1) is 8.14. The molecule has 0 N–H and O–H groups in total. The number of carbonyl (C=O) groups is 1. The first-order valence-electron chi connectivity index (χ1n) is 6.10. The van der Waals surface area contributed by atoms with Gasteiger partial charge in [0, 0.05) is 0 Å². The Morgan fingerprint density at radius 3 is 2.00 bits per heavy atom. The molecule has 17 heavy (non-hydrogen) atoms. The Kier molecular flexibility index (Phi) is 5.09. The van der Waals surface area contributed by atoms with Crippen molar-refractivity contribution in [2.24, 2.45) is 5.41 Å². The van der Waals surface area contributed by atoms with E-state index in [0.717, 1.165) is 19.1 Å². The maximum atomic E-state index is 11.6. The molecule has 0 amide bonds. The highest BCUT2D eigenvalue weighted by Crippen LogP contribution is 2.44. The van der Waals surface area contributed by atoms with Gasteiger partial charge >= 0.3 is 0 Å². The Morgan fingerprint density at radius 2 is 1.65 bits per heavy atom. The highest BCUT2D eigenvalue weighted by atomic mass is 16.7. The summed E-state index contributed by atoms with van der Waals surface area (Å²) in [6, 6.07) is 0. The van der Waals surface area contributed by atoms with E-state index >= 15 is 0 Å². The van der Waals surface area contributed by atoms with Crippen molar-refractivity contribution >= 4 is 6.29 Å². The van der Waals surface area contributed by atoms with Gasteiger partial charge in [-0.05, 0) is 32.6 Å². The van der Waals surface area contributed by atoms with Gasteiger partial charge in [0.25, 0.3) is 0 Å². The monoisotopic (exact) mass is 238 g/mol. The Bertz CT molecular complexity index is 265.